The van der Waals surface area contributed by atoms with E-state index < -0.39 is 11.4 Å². The van der Waals surface area contributed by atoms with Crippen molar-refractivity contribution in [2.75, 3.05) is 10.6 Å². The van der Waals surface area contributed by atoms with Gasteiger partial charge in [-0.1, -0.05) is 83.1 Å². The minimum absolute atomic E-state index is 0. The normalized spacial score (nSPS) is 12.3. The quantitative estimate of drug-likeness (QED) is 0.0924. The van der Waals surface area contributed by atoms with Crippen LogP contribution >= 0.6 is 31.9 Å². The van der Waals surface area contributed by atoms with Crippen molar-refractivity contribution in [3.63, 3.8) is 0 Å². The van der Waals surface area contributed by atoms with Crippen LogP contribution in [0, 0.1) is 13.8 Å². The molecule has 10 rings (SSSR count). The predicted molar refractivity (Wildman–Crippen MR) is 281 cm³/mol. The number of aromatic nitrogens is 6. The zero-order chi connectivity index (χ0) is 48.6. The maximum Gasteiger partial charge on any atom is 1.00 e. The molecule has 0 amide bonds. The number of carbonyl (C=O) groups is 1. The smallest absolute Gasteiger partial charge is 1.00 e. The second-order valence-electron chi connectivity index (χ2n) is 16.3. The van der Waals surface area contributed by atoms with Gasteiger partial charge in [-0.05, 0) is 112 Å². The summed E-state index contributed by atoms with van der Waals surface area (Å²) >= 11 is 6.84. The molecular formula is C51H52Br2K2N8O9. The zero-order valence-corrected chi connectivity index (χ0v) is 48.5. The van der Waals surface area contributed by atoms with Crippen LogP contribution in [0.25, 0.3) is 33.3 Å². The van der Waals surface area contributed by atoms with Gasteiger partial charge >= 0.3 is 114 Å². The number of nitrogens with zero attached hydrogens (tertiary/aromatic N) is 6. The van der Waals surface area contributed by atoms with Gasteiger partial charge in [0.25, 0.3) is 28.7 Å². The van der Waals surface area contributed by atoms with Gasteiger partial charge in [-0.25, -0.2) is 14.2 Å². The third-order valence-electron chi connectivity index (χ3n) is 11.8. The molecule has 8 aromatic rings. The predicted octanol–water partition coefficient (Wildman–Crippen LogP) is 1.83. The van der Waals surface area contributed by atoms with Crippen molar-refractivity contribution < 1.29 is 119 Å². The summed E-state index contributed by atoms with van der Waals surface area (Å²) in [5, 5.41) is 15.6. The van der Waals surface area contributed by atoms with Crippen molar-refractivity contribution in [3.8, 4) is 11.4 Å². The average molecular weight is 1160 g/mol. The van der Waals surface area contributed by atoms with Gasteiger partial charge in [-0.3, -0.25) is 46.8 Å². The Hall–Kier alpha value is -4.08. The molecule has 0 bridgehead atoms. The van der Waals surface area contributed by atoms with Crippen molar-refractivity contribution in [3.05, 3.63) is 192 Å². The summed E-state index contributed by atoms with van der Waals surface area (Å²) in [5.74, 6) is 0.363. The number of hydrogen-bond donors (Lipinski definition) is 2. The van der Waals surface area contributed by atoms with E-state index in [1.165, 1.54) is 27.4 Å². The van der Waals surface area contributed by atoms with Crippen LogP contribution in [0.3, 0.4) is 0 Å². The molecule has 2 N–H and O–H groups in total. The van der Waals surface area contributed by atoms with Crippen molar-refractivity contribution >= 4 is 83.1 Å². The fraction of sp³-hybridized carbons (Fsp3) is 0.235. The SMILES string of the molecule is C.C.Cc1c(=O)n(C)c(Nc2ccc(Br)cc2)c2c(=O)n(C3CC3)c(=O)n(-c3ccccc3)c12.Cc1c(Nc2ccccc2)c2c(=O)n(C3CC3)c(=O)n(-c3ccc(Br)cc3)c2n(C)c1=O.O=CO[O-].[H-].[K+].[K+]. The Morgan fingerprint density at radius 3 is 1.51 bits per heavy atom. The minimum Gasteiger partial charge on any atom is -1.00 e. The van der Waals surface area contributed by atoms with Crippen molar-refractivity contribution in [2.24, 2.45) is 14.1 Å². The summed E-state index contributed by atoms with van der Waals surface area (Å²) < 4.78 is 10.3. The van der Waals surface area contributed by atoms with E-state index in [4.69, 9.17) is 10.1 Å². The van der Waals surface area contributed by atoms with E-state index in [0.29, 0.717) is 50.3 Å². The first-order valence-electron chi connectivity index (χ1n) is 21.4. The van der Waals surface area contributed by atoms with Crippen LogP contribution in [-0.2, 0) is 23.8 Å². The molecule has 0 unspecified atom stereocenters. The molecule has 4 aromatic heterocycles. The molecule has 366 valence electrons. The molecule has 0 radical (unpaired) electrons. The van der Waals surface area contributed by atoms with Crippen LogP contribution < -0.4 is 152 Å². The molecule has 17 nitrogen and oxygen atoms in total. The maximum atomic E-state index is 13.7. The molecule has 0 saturated heterocycles. The number of halogens is 2. The topological polar surface area (TPSA) is 205 Å². The van der Waals surface area contributed by atoms with Gasteiger partial charge in [0, 0.05) is 57.6 Å². The molecular weight excluding hydrogens is 1110 g/mol. The van der Waals surface area contributed by atoms with E-state index in [0.717, 1.165) is 46.0 Å². The number of anilines is 4. The summed E-state index contributed by atoms with van der Waals surface area (Å²) in [6.45, 7) is 3.18. The van der Waals surface area contributed by atoms with Gasteiger partial charge < -0.3 is 22.2 Å². The second kappa shape index (κ2) is 25.9. The average Bonchev–Trinajstić information content (AvgIpc) is 4.30. The number of rotatable bonds is 9. The Balaban J connectivity index is 0.000000337. The standard InChI is InChI=1S/2C24H21BrN4O3.CH2O3.2CH4.2K.H/c1-14-20-19(21(27(2)22(14)30)26-16-10-8-15(25)9-11-16)23(31)29(18-12-13-18)24(32)28(20)17-6-4-3-5-7-17;1-14-20(26-16-6-4-3-5-7-16)19-21(27(2)22(14)30)28(17-10-8-15(25)9-11-17)24(32)29(23(19)31)18-12-13-18;2-1-4-3;;;;;/h2*3-11,18,26H,12-13H2,1-2H3;1,3H;2*1H4;;;/q;;;;;2*+1;-1/p-1. The number of hydrogen-bond acceptors (Lipinski definition) is 11. The van der Waals surface area contributed by atoms with Gasteiger partial charge in [0.2, 0.25) is 0 Å². The molecule has 2 fully saturated rings. The number of benzene rings is 4. The molecule has 4 heterocycles. The van der Waals surface area contributed by atoms with Gasteiger partial charge in [0.1, 0.15) is 22.2 Å². The number of para-hydroxylation sites is 2. The van der Waals surface area contributed by atoms with Crippen molar-refractivity contribution in [2.45, 2.75) is 66.5 Å². The number of nitrogens with one attached hydrogen (secondary N) is 2. The number of carbonyl (C=O) groups excluding carboxylic acids is 1. The molecule has 21 heteroatoms. The first kappa shape index (κ1) is 60.5. The molecule has 0 atom stereocenters. The zero-order valence-electron chi connectivity index (χ0n) is 40.1. The van der Waals surface area contributed by atoms with Crippen LogP contribution in [0.4, 0.5) is 22.9 Å². The Morgan fingerprint density at radius 2 is 1.01 bits per heavy atom. The van der Waals surface area contributed by atoms with Crippen LogP contribution in [-0.4, -0.2) is 33.9 Å². The molecule has 0 aliphatic heterocycles. The number of pyridine rings is 2. The minimum atomic E-state index is -0.433. The van der Waals surface area contributed by atoms with Crippen molar-refractivity contribution in [1.29, 1.82) is 0 Å². The molecule has 2 aliphatic rings. The first-order chi connectivity index (χ1) is 32.7. The Bertz CT molecular complexity index is 3640. The van der Waals surface area contributed by atoms with E-state index >= 15 is 0 Å². The Morgan fingerprint density at radius 1 is 0.583 bits per heavy atom. The van der Waals surface area contributed by atoms with Gasteiger partial charge in [0.15, 0.2) is 0 Å². The van der Waals surface area contributed by atoms with E-state index in [1.54, 1.807) is 52.2 Å². The summed E-state index contributed by atoms with van der Waals surface area (Å²) in [6, 6.07) is 33.0. The Kier molecular flexibility index (Phi) is 21.8. The summed E-state index contributed by atoms with van der Waals surface area (Å²) in [5.41, 5.74) is 2.34. The second-order valence-corrected chi connectivity index (χ2v) is 18.1. The van der Waals surface area contributed by atoms with Crippen molar-refractivity contribution in [1.82, 2.24) is 27.4 Å². The summed E-state index contributed by atoms with van der Waals surface area (Å²) in [7, 11) is 3.23. The molecule has 2 aliphatic carbocycles. The van der Waals surface area contributed by atoms with Crippen LogP contribution in [0.15, 0.2) is 147 Å². The van der Waals surface area contributed by atoms with E-state index in [9.17, 15) is 28.8 Å². The number of aryl methyl sites for hydroxylation is 2. The number of fused-ring (bicyclic) bond motifs is 2. The van der Waals surface area contributed by atoms with Gasteiger partial charge in [-0.15, -0.1) is 0 Å². The molecule has 72 heavy (non-hydrogen) atoms. The molecule has 2 saturated carbocycles. The fourth-order valence-electron chi connectivity index (χ4n) is 8.19. The largest absolute Gasteiger partial charge is 1.00 e. The van der Waals surface area contributed by atoms with Crippen LogP contribution in [0.5, 0.6) is 0 Å². The maximum absolute atomic E-state index is 13.7. The third-order valence-corrected chi connectivity index (χ3v) is 12.8. The van der Waals surface area contributed by atoms with Crippen LogP contribution in [0.2, 0.25) is 0 Å². The molecule has 0 spiro atoms. The monoisotopic (exact) mass is 1160 g/mol. The third kappa shape index (κ3) is 12.2. The fourth-order valence-corrected chi connectivity index (χ4v) is 8.72. The Labute approximate surface area is 517 Å². The summed E-state index contributed by atoms with van der Waals surface area (Å²) in [6.07, 6.45) is 3.14. The van der Waals surface area contributed by atoms with Gasteiger partial charge in [0.05, 0.1) is 22.6 Å². The van der Waals surface area contributed by atoms with E-state index in [2.05, 4.69) is 47.4 Å². The first-order valence-corrected chi connectivity index (χ1v) is 23.0. The van der Waals surface area contributed by atoms with Crippen LogP contribution in [0.1, 0.15) is 65.2 Å². The van der Waals surface area contributed by atoms with E-state index in [-0.39, 0.29) is 165 Å². The molecule has 4 aromatic carbocycles. The summed E-state index contributed by atoms with van der Waals surface area (Å²) in [4.78, 5) is 92.1. The van der Waals surface area contributed by atoms with Gasteiger partial charge in [-0.2, -0.15) is 0 Å². The van der Waals surface area contributed by atoms with E-state index in [1.807, 2.05) is 84.9 Å².